The van der Waals surface area contributed by atoms with Crippen molar-refractivity contribution in [3.63, 3.8) is 0 Å². The minimum Gasteiger partial charge on any atom is -0.289 e. The fourth-order valence-corrected chi connectivity index (χ4v) is 5.36. The van der Waals surface area contributed by atoms with Crippen LogP contribution in [0.15, 0.2) is 95.0 Å². The van der Waals surface area contributed by atoms with Crippen molar-refractivity contribution in [2.24, 2.45) is 0 Å². The molecule has 0 bridgehead atoms. The molecule has 0 saturated carbocycles. The summed E-state index contributed by atoms with van der Waals surface area (Å²) in [6.07, 6.45) is 5.79. The van der Waals surface area contributed by atoms with Crippen molar-refractivity contribution in [3.8, 4) is 0 Å². The topological polar surface area (TPSA) is 111 Å². The molecular formula is C30H28N2O5S2. The van der Waals surface area contributed by atoms with Gasteiger partial charge in [-0.3, -0.25) is 14.8 Å². The van der Waals surface area contributed by atoms with Gasteiger partial charge in [0.1, 0.15) is 0 Å². The molecule has 0 fully saturated rings. The number of rotatable bonds is 8. The van der Waals surface area contributed by atoms with E-state index in [0.29, 0.717) is 34.3 Å². The van der Waals surface area contributed by atoms with E-state index in [-0.39, 0.29) is 15.6 Å². The van der Waals surface area contributed by atoms with Crippen LogP contribution in [0.1, 0.15) is 38.4 Å². The van der Waals surface area contributed by atoms with Crippen LogP contribution in [0.4, 0.5) is 0 Å². The van der Waals surface area contributed by atoms with Gasteiger partial charge in [-0.05, 0) is 85.0 Å². The Balaban J connectivity index is 1.97. The summed E-state index contributed by atoms with van der Waals surface area (Å²) in [5.41, 5.74) is 5.03. The van der Waals surface area contributed by atoms with Crippen molar-refractivity contribution in [1.82, 2.24) is 9.97 Å². The molecule has 0 unspecified atom stereocenters. The summed E-state index contributed by atoms with van der Waals surface area (Å²) in [7, 11) is -6.80. The third-order valence-electron chi connectivity index (χ3n) is 6.27. The highest BCUT2D eigenvalue weighted by Crippen LogP contribution is 2.33. The fourth-order valence-electron chi connectivity index (χ4n) is 4.10. The second kappa shape index (κ2) is 11.0. The molecule has 4 aromatic rings. The first-order chi connectivity index (χ1) is 18.3. The van der Waals surface area contributed by atoms with Gasteiger partial charge < -0.3 is 0 Å². The van der Waals surface area contributed by atoms with E-state index >= 15 is 0 Å². The fraction of sp³-hybridized carbons (Fsp3) is 0.167. The van der Waals surface area contributed by atoms with E-state index in [4.69, 9.17) is 0 Å². The van der Waals surface area contributed by atoms with E-state index in [1.807, 2.05) is 26.0 Å². The average Bonchev–Trinajstić information content (AvgIpc) is 2.89. The Hall–Kier alpha value is -3.95. The number of nitrogens with zero attached hydrogens (tertiary/aromatic N) is 2. The molecule has 4 rings (SSSR count). The van der Waals surface area contributed by atoms with Crippen LogP contribution in [0.25, 0.3) is 11.1 Å². The van der Waals surface area contributed by atoms with Gasteiger partial charge in [0, 0.05) is 47.4 Å². The van der Waals surface area contributed by atoms with Gasteiger partial charge in [-0.25, -0.2) is 16.8 Å². The first-order valence-corrected chi connectivity index (χ1v) is 15.8. The van der Waals surface area contributed by atoms with Gasteiger partial charge in [-0.2, -0.15) is 0 Å². The normalized spacial score (nSPS) is 12.6. The molecule has 0 aliphatic carbocycles. The maximum Gasteiger partial charge on any atom is 0.195 e. The predicted molar refractivity (Wildman–Crippen MR) is 152 cm³/mol. The highest BCUT2D eigenvalue weighted by molar-refractivity contribution is 7.91. The summed E-state index contributed by atoms with van der Waals surface area (Å²) in [6.45, 7) is 3.70. The zero-order chi connectivity index (χ0) is 28.4. The Labute approximate surface area is 229 Å². The highest BCUT2D eigenvalue weighted by atomic mass is 32.2. The molecule has 0 atom stereocenters. The molecule has 0 saturated heterocycles. The molecule has 0 aliphatic heterocycles. The summed E-state index contributed by atoms with van der Waals surface area (Å²) in [5, 5.41) is 0. The van der Waals surface area contributed by atoms with E-state index in [9.17, 15) is 21.6 Å². The smallest absolute Gasteiger partial charge is 0.195 e. The van der Waals surface area contributed by atoms with Crippen molar-refractivity contribution in [2.75, 3.05) is 12.5 Å². The maximum absolute atomic E-state index is 14.1. The summed E-state index contributed by atoms with van der Waals surface area (Å²) >= 11 is 0. The summed E-state index contributed by atoms with van der Waals surface area (Å²) in [6, 6.07) is 20.0. The van der Waals surface area contributed by atoms with Crippen molar-refractivity contribution < 1.29 is 21.6 Å². The van der Waals surface area contributed by atoms with Gasteiger partial charge in [-0.1, -0.05) is 30.3 Å². The number of ketones is 1. The van der Waals surface area contributed by atoms with Crippen molar-refractivity contribution in [2.45, 2.75) is 30.1 Å². The molecule has 200 valence electrons. The van der Waals surface area contributed by atoms with Crippen LogP contribution in [-0.2, 0) is 26.1 Å². The van der Waals surface area contributed by atoms with Crippen LogP contribution in [0.5, 0.6) is 0 Å². The number of allylic oxidation sites excluding steroid dienone is 2. The first kappa shape index (κ1) is 28.1. The van der Waals surface area contributed by atoms with E-state index in [0.717, 1.165) is 29.5 Å². The lowest BCUT2D eigenvalue weighted by atomic mass is 9.86. The molecule has 7 nitrogen and oxygen atoms in total. The largest absolute Gasteiger partial charge is 0.289 e. The molecule has 2 heterocycles. The lowest BCUT2D eigenvalue weighted by Gasteiger charge is -2.17. The third-order valence-corrected chi connectivity index (χ3v) is 8.52. The van der Waals surface area contributed by atoms with Gasteiger partial charge in [0.05, 0.1) is 9.79 Å². The number of pyridine rings is 2. The molecule has 0 aliphatic rings. The quantitative estimate of drug-likeness (QED) is 0.222. The highest BCUT2D eigenvalue weighted by Gasteiger charge is 2.22. The Bertz CT molecular complexity index is 1760. The minimum atomic E-state index is -3.43. The average molecular weight is 561 g/mol. The van der Waals surface area contributed by atoms with Crippen molar-refractivity contribution in [3.05, 3.63) is 119 Å². The van der Waals surface area contributed by atoms with Gasteiger partial charge >= 0.3 is 0 Å². The lowest BCUT2D eigenvalue weighted by molar-refractivity contribution is 0.105. The van der Waals surface area contributed by atoms with E-state index in [1.54, 1.807) is 54.7 Å². The van der Waals surface area contributed by atoms with Gasteiger partial charge in [0.25, 0.3) is 0 Å². The first-order valence-electron chi connectivity index (χ1n) is 12.1. The Morgan fingerprint density at radius 2 is 1.05 bits per heavy atom. The molecule has 0 radical (unpaired) electrons. The zero-order valence-electron chi connectivity index (χ0n) is 22.0. The second-order valence-corrected chi connectivity index (χ2v) is 13.5. The number of carbonyl (C=O) groups is 1. The number of hydrogen-bond acceptors (Lipinski definition) is 7. The number of carbonyl (C=O) groups excluding carboxylic acids is 1. The number of aryl methyl sites for hydroxylation is 2. The number of benzene rings is 2. The molecule has 0 spiro atoms. The Kier molecular flexibility index (Phi) is 7.94. The maximum atomic E-state index is 14.1. The van der Waals surface area contributed by atoms with Crippen LogP contribution in [-0.4, -0.2) is 45.1 Å². The minimum absolute atomic E-state index is 0.143. The van der Waals surface area contributed by atoms with E-state index < -0.39 is 19.7 Å². The molecule has 0 N–H and O–H groups in total. The number of Topliss-reactive ketones (excluding diaryl/α,β-unsaturated/α-hetero) is 1. The zero-order valence-corrected chi connectivity index (χ0v) is 23.7. The monoisotopic (exact) mass is 560 g/mol. The Morgan fingerprint density at radius 3 is 1.49 bits per heavy atom. The number of sulfone groups is 2. The lowest BCUT2D eigenvalue weighted by Crippen LogP contribution is -2.09. The predicted octanol–water partition coefficient (Wildman–Crippen LogP) is 4.94. The number of aromatic nitrogens is 2. The van der Waals surface area contributed by atoms with Crippen molar-refractivity contribution >= 4 is 36.6 Å². The van der Waals surface area contributed by atoms with Crippen LogP contribution in [0.3, 0.4) is 0 Å². The van der Waals surface area contributed by atoms with E-state index in [2.05, 4.69) is 9.97 Å². The van der Waals surface area contributed by atoms with Gasteiger partial charge in [-0.15, -0.1) is 0 Å². The van der Waals surface area contributed by atoms with E-state index in [1.165, 1.54) is 18.3 Å². The second-order valence-electron chi connectivity index (χ2n) is 9.45. The summed E-state index contributed by atoms with van der Waals surface area (Å²) in [5.74, 6) is -0.280. The molecule has 0 amide bonds. The molecule has 2 aromatic carbocycles. The van der Waals surface area contributed by atoms with Gasteiger partial charge in [0.2, 0.25) is 0 Å². The molecular weight excluding hydrogens is 532 g/mol. The van der Waals surface area contributed by atoms with Crippen LogP contribution < -0.4 is 0 Å². The van der Waals surface area contributed by atoms with Crippen LogP contribution in [0.2, 0.25) is 0 Å². The third kappa shape index (κ3) is 6.74. The summed E-state index contributed by atoms with van der Waals surface area (Å²) in [4.78, 5) is 23.2. The number of hydrogen-bond donors (Lipinski definition) is 0. The summed E-state index contributed by atoms with van der Waals surface area (Å²) < 4.78 is 48.1. The van der Waals surface area contributed by atoms with Crippen molar-refractivity contribution in [1.29, 1.82) is 0 Å². The van der Waals surface area contributed by atoms with Crippen LogP contribution in [0, 0.1) is 13.8 Å². The Morgan fingerprint density at radius 1 is 0.615 bits per heavy atom. The standard InChI is InChI=1S/C30H28N2O5S2/c1-20-5-9-24(18-31-20)28(17-22-7-13-26(14-8-22)38(3,34)35)29(30(33)25-10-6-21(2)32-19-25)23-11-15-27(16-12-23)39(4,36)37/h5-16,18-19H,17H2,1-4H3/b29-28+. The molecule has 39 heavy (non-hydrogen) atoms. The van der Waals surface area contributed by atoms with Crippen LogP contribution >= 0.6 is 0 Å². The molecule has 9 heteroatoms. The SMILES string of the molecule is Cc1ccc(C(=O)/C(=C(\Cc2ccc(S(C)(=O)=O)cc2)c2ccc(C)nc2)c2ccc(S(C)(=O)=O)cc2)cn1. The molecule has 2 aromatic heterocycles. The van der Waals surface area contributed by atoms with Gasteiger partial charge in [0.15, 0.2) is 25.5 Å².